The molecule has 36 heavy (non-hydrogen) atoms. The van der Waals surface area contributed by atoms with Gasteiger partial charge < -0.3 is 23.7 Å². The molecule has 2 aliphatic heterocycles. The Labute approximate surface area is 210 Å². The van der Waals surface area contributed by atoms with E-state index in [0.29, 0.717) is 5.75 Å². The van der Waals surface area contributed by atoms with Crippen LogP contribution in [0.1, 0.15) is 26.3 Å². The standard InChI is InChI=1S/C25H29NO9S/c1-16(27)33-23-21(24(28)32-15-17-8-6-5-7-9-17)26(14-20-22(23)35-25(2,3)34-20)36(29,30)19-12-10-18(31-4)11-13-19/h5-13,20-23H,14-15H2,1-4H3/t20-,21+,22+,23-/m0/s1. The summed E-state index contributed by atoms with van der Waals surface area (Å²) in [4.78, 5) is 25.5. The van der Waals surface area contributed by atoms with E-state index in [2.05, 4.69) is 0 Å². The van der Waals surface area contributed by atoms with Gasteiger partial charge >= 0.3 is 11.9 Å². The zero-order valence-electron chi connectivity index (χ0n) is 20.4. The zero-order valence-corrected chi connectivity index (χ0v) is 21.3. The van der Waals surface area contributed by atoms with E-state index in [1.807, 2.05) is 6.07 Å². The molecule has 194 valence electrons. The summed E-state index contributed by atoms with van der Waals surface area (Å²) in [5.74, 6) is -2.17. The summed E-state index contributed by atoms with van der Waals surface area (Å²) < 4.78 is 56.6. The molecule has 11 heteroatoms. The van der Waals surface area contributed by atoms with Crippen molar-refractivity contribution in [1.29, 1.82) is 0 Å². The lowest BCUT2D eigenvalue weighted by Crippen LogP contribution is -2.65. The molecule has 2 aromatic carbocycles. The van der Waals surface area contributed by atoms with Crippen molar-refractivity contribution in [2.75, 3.05) is 13.7 Å². The summed E-state index contributed by atoms with van der Waals surface area (Å²) in [5, 5.41) is 0. The third-order valence-electron chi connectivity index (χ3n) is 5.96. The van der Waals surface area contributed by atoms with E-state index in [1.54, 1.807) is 38.1 Å². The van der Waals surface area contributed by atoms with Crippen LogP contribution in [-0.4, -0.2) is 68.5 Å². The van der Waals surface area contributed by atoms with Gasteiger partial charge in [-0.3, -0.25) is 9.59 Å². The van der Waals surface area contributed by atoms with Gasteiger partial charge in [0.15, 0.2) is 17.9 Å². The molecule has 0 spiro atoms. The van der Waals surface area contributed by atoms with E-state index in [4.69, 9.17) is 23.7 Å². The minimum Gasteiger partial charge on any atom is -0.497 e. The number of sulfonamides is 1. The Hall–Kier alpha value is -2.99. The van der Waals surface area contributed by atoms with E-state index in [9.17, 15) is 18.0 Å². The molecule has 0 amide bonds. The second-order valence-corrected chi connectivity index (χ2v) is 10.9. The quantitative estimate of drug-likeness (QED) is 0.508. The maximum absolute atomic E-state index is 13.8. The number of carbonyl (C=O) groups excluding carboxylic acids is 2. The Morgan fingerprint density at radius 2 is 1.72 bits per heavy atom. The normalized spacial score (nSPS) is 25.6. The summed E-state index contributed by atoms with van der Waals surface area (Å²) in [6.45, 7) is 4.23. The zero-order chi connectivity index (χ0) is 26.1. The maximum Gasteiger partial charge on any atom is 0.328 e. The molecule has 0 N–H and O–H groups in total. The summed E-state index contributed by atoms with van der Waals surface area (Å²) >= 11 is 0. The number of ether oxygens (including phenoxy) is 5. The number of fused-ring (bicyclic) bond motifs is 1. The molecule has 2 aliphatic rings. The maximum atomic E-state index is 13.8. The third-order valence-corrected chi connectivity index (χ3v) is 7.82. The first-order chi connectivity index (χ1) is 17.0. The van der Waals surface area contributed by atoms with Crippen molar-refractivity contribution in [3.8, 4) is 5.75 Å². The minimum atomic E-state index is -4.26. The van der Waals surface area contributed by atoms with Gasteiger partial charge in [0.2, 0.25) is 10.0 Å². The van der Waals surface area contributed by atoms with Crippen LogP contribution in [0.25, 0.3) is 0 Å². The Morgan fingerprint density at radius 3 is 2.33 bits per heavy atom. The average Bonchev–Trinajstić information content (AvgIpc) is 3.16. The van der Waals surface area contributed by atoms with Gasteiger partial charge in [-0.2, -0.15) is 4.31 Å². The van der Waals surface area contributed by atoms with Crippen LogP contribution in [0.4, 0.5) is 0 Å². The Bertz CT molecular complexity index is 1200. The first-order valence-corrected chi connectivity index (χ1v) is 12.8. The number of hydrogen-bond acceptors (Lipinski definition) is 9. The molecule has 0 unspecified atom stereocenters. The lowest BCUT2D eigenvalue weighted by Gasteiger charge is -2.42. The van der Waals surface area contributed by atoms with Gasteiger partial charge in [-0.05, 0) is 43.7 Å². The molecule has 0 radical (unpaired) electrons. The second kappa shape index (κ2) is 10.2. The van der Waals surface area contributed by atoms with Crippen LogP contribution in [-0.2, 0) is 45.2 Å². The van der Waals surface area contributed by atoms with Gasteiger partial charge in [0.05, 0.1) is 12.0 Å². The van der Waals surface area contributed by atoms with Gasteiger partial charge in [0.25, 0.3) is 0 Å². The van der Waals surface area contributed by atoms with Crippen molar-refractivity contribution < 1.29 is 41.7 Å². The van der Waals surface area contributed by atoms with Crippen molar-refractivity contribution in [1.82, 2.24) is 4.31 Å². The Kier molecular flexibility index (Phi) is 7.37. The fourth-order valence-corrected chi connectivity index (χ4v) is 6.04. The largest absolute Gasteiger partial charge is 0.497 e. The lowest BCUT2D eigenvalue weighted by atomic mass is 9.95. The molecule has 2 saturated heterocycles. The molecular weight excluding hydrogens is 490 g/mol. The Morgan fingerprint density at radius 1 is 1.06 bits per heavy atom. The van der Waals surface area contributed by atoms with Crippen LogP contribution in [0.3, 0.4) is 0 Å². The monoisotopic (exact) mass is 519 g/mol. The van der Waals surface area contributed by atoms with E-state index in [0.717, 1.165) is 9.87 Å². The molecule has 2 aromatic rings. The van der Waals surface area contributed by atoms with Crippen LogP contribution >= 0.6 is 0 Å². The number of carbonyl (C=O) groups is 2. The van der Waals surface area contributed by atoms with E-state index >= 15 is 0 Å². The smallest absolute Gasteiger partial charge is 0.328 e. The number of rotatable bonds is 7. The number of benzene rings is 2. The average molecular weight is 520 g/mol. The van der Waals surface area contributed by atoms with Crippen molar-refractivity contribution in [2.45, 2.75) is 62.4 Å². The molecule has 4 rings (SSSR count). The van der Waals surface area contributed by atoms with Crippen molar-refractivity contribution >= 4 is 22.0 Å². The highest BCUT2D eigenvalue weighted by Crippen LogP contribution is 2.39. The van der Waals surface area contributed by atoms with Crippen molar-refractivity contribution in [2.24, 2.45) is 0 Å². The molecule has 0 aliphatic carbocycles. The molecule has 0 aromatic heterocycles. The van der Waals surface area contributed by atoms with Crippen LogP contribution in [0.2, 0.25) is 0 Å². The second-order valence-electron chi connectivity index (χ2n) is 9.00. The van der Waals surface area contributed by atoms with Crippen LogP contribution in [0.15, 0.2) is 59.5 Å². The van der Waals surface area contributed by atoms with Crippen LogP contribution in [0, 0.1) is 0 Å². The first-order valence-electron chi connectivity index (χ1n) is 11.4. The number of piperidine rings is 1. The predicted octanol–water partition coefficient (Wildman–Crippen LogP) is 2.26. The predicted molar refractivity (Wildman–Crippen MR) is 126 cm³/mol. The molecular formula is C25H29NO9S. The van der Waals surface area contributed by atoms with Crippen LogP contribution in [0.5, 0.6) is 5.75 Å². The molecule has 2 fully saturated rings. The third kappa shape index (κ3) is 5.39. The minimum absolute atomic E-state index is 0.0673. The molecule has 0 bridgehead atoms. The van der Waals surface area contributed by atoms with Gasteiger partial charge in [-0.15, -0.1) is 0 Å². The topological polar surface area (TPSA) is 118 Å². The van der Waals surface area contributed by atoms with Gasteiger partial charge in [0, 0.05) is 13.5 Å². The van der Waals surface area contributed by atoms with Crippen molar-refractivity contribution in [3.63, 3.8) is 0 Å². The van der Waals surface area contributed by atoms with Gasteiger partial charge in [0.1, 0.15) is 24.6 Å². The van der Waals surface area contributed by atoms with Crippen molar-refractivity contribution in [3.05, 3.63) is 60.2 Å². The highest BCUT2D eigenvalue weighted by atomic mass is 32.2. The molecule has 4 atom stereocenters. The van der Waals surface area contributed by atoms with Gasteiger partial charge in [-0.25, -0.2) is 8.42 Å². The number of esters is 2. The molecule has 0 saturated carbocycles. The van der Waals surface area contributed by atoms with Gasteiger partial charge in [-0.1, -0.05) is 30.3 Å². The highest BCUT2D eigenvalue weighted by Gasteiger charge is 2.59. The fourth-order valence-electron chi connectivity index (χ4n) is 4.44. The fraction of sp³-hybridized carbons (Fsp3) is 0.440. The van der Waals surface area contributed by atoms with E-state index in [-0.39, 0.29) is 18.0 Å². The number of hydrogen-bond donors (Lipinski definition) is 0. The molecule has 10 nitrogen and oxygen atoms in total. The lowest BCUT2D eigenvalue weighted by molar-refractivity contribution is -0.181. The number of methoxy groups -OCH3 is 1. The van der Waals surface area contributed by atoms with Crippen LogP contribution < -0.4 is 4.74 Å². The summed E-state index contributed by atoms with van der Waals surface area (Å²) in [6, 6.07) is 13.2. The summed E-state index contributed by atoms with van der Waals surface area (Å²) in [6.07, 6.45) is -2.95. The molecule has 2 heterocycles. The SMILES string of the molecule is COc1ccc(S(=O)(=O)N2C[C@@H]3OC(C)(C)O[C@H]3[C@@H](OC(C)=O)[C@@H]2C(=O)OCc2ccccc2)cc1. The summed E-state index contributed by atoms with van der Waals surface area (Å²) in [7, 11) is -2.79. The van der Waals surface area contributed by atoms with E-state index < -0.39 is 52.1 Å². The first kappa shape index (κ1) is 26.1. The Balaban J connectivity index is 1.73. The number of nitrogens with zero attached hydrogens (tertiary/aromatic N) is 1. The summed E-state index contributed by atoms with van der Waals surface area (Å²) in [5.41, 5.74) is 0.717. The van der Waals surface area contributed by atoms with E-state index in [1.165, 1.54) is 38.3 Å². The highest BCUT2D eigenvalue weighted by molar-refractivity contribution is 7.89.